The van der Waals surface area contributed by atoms with Gasteiger partial charge in [-0.2, -0.15) is 0 Å². The molecule has 0 radical (unpaired) electrons. The van der Waals surface area contributed by atoms with E-state index in [9.17, 15) is 14.0 Å². The molecule has 3 aromatic rings. The van der Waals surface area contributed by atoms with Crippen LogP contribution in [0.1, 0.15) is 27.8 Å². The van der Waals surface area contributed by atoms with E-state index < -0.39 is 17.8 Å². The number of imidazole rings is 1. The van der Waals surface area contributed by atoms with Gasteiger partial charge in [0.25, 0.3) is 5.91 Å². The summed E-state index contributed by atoms with van der Waals surface area (Å²) in [6, 6.07) is 8.06. The van der Waals surface area contributed by atoms with Gasteiger partial charge in [0.1, 0.15) is 17.7 Å². The number of rotatable bonds is 4. The molecule has 0 aliphatic heterocycles. The molecule has 0 aliphatic rings. The number of hydrogen-bond acceptors (Lipinski definition) is 3. The van der Waals surface area contributed by atoms with Crippen molar-refractivity contribution in [2.24, 2.45) is 7.05 Å². The number of carbonyl (C=O) groups excluding carboxylic acids is 1. The maximum atomic E-state index is 13.6. The lowest BCUT2D eigenvalue weighted by molar-refractivity contribution is 0.0940. The number of H-pyrrole nitrogens is 1. The largest absolute Gasteiger partial charge is 0.338 e. The molecular weight excluding hydrogens is 311 g/mol. The standard InChI is InChI=1S/C17H15FN4O2/c1-22-8-7-19-16(22)15(11-3-2-4-13(18)9-11)21-17(24)12-5-6-14(23)20-10-12/h2-10,15H,1H3,(H,20,23)(H,21,24). The third-order valence-electron chi connectivity index (χ3n) is 3.62. The van der Waals surface area contributed by atoms with Crippen molar-refractivity contribution in [2.45, 2.75) is 6.04 Å². The zero-order chi connectivity index (χ0) is 17.1. The third kappa shape index (κ3) is 3.24. The fourth-order valence-corrected chi connectivity index (χ4v) is 2.40. The quantitative estimate of drug-likeness (QED) is 0.767. The van der Waals surface area contributed by atoms with Gasteiger partial charge < -0.3 is 14.9 Å². The zero-order valence-electron chi connectivity index (χ0n) is 12.9. The molecule has 3 rings (SSSR count). The monoisotopic (exact) mass is 326 g/mol. The molecule has 122 valence electrons. The van der Waals surface area contributed by atoms with Gasteiger partial charge in [0.05, 0.1) is 5.56 Å². The number of aryl methyl sites for hydroxylation is 1. The highest BCUT2D eigenvalue weighted by atomic mass is 19.1. The Morgan fingerprint density at radius 3 is 2.79 bits per heavy atom. The summed E-state index contributed by atoms with van der Waals surface area (Å²) >= 11 is 0. The van der Waals surface area contributed by atoms with Gasteiger partial charge in [0.2, 0.25) is 5.56 Å². The van der Waals surface area contributed by atoms with E-state index in [4.69, 9.17) is 0 Å². The Kier molecular flexibility index (Phi) is 4.24. The zero-order valence-corrected chi connectivity index (χ0v) is 12.9. The Bertz CT molecular complexity index is 912. The Hall–Kier alpha value is -3.22. The fourth-order valence-electron chi connectivity index (χ4n) is 2.40. The number of nitrogens with zero attached hydrogens (tertiary/aromatic N) is 2. The van der Waals surface area contributed by atoms with Crippen molar-refractivity contribution in [2.75, 3.05) is 0 Å². The molecule has 2 aromatic heterocycles. The molecule has 1 atom stereocenters. The highest BCUT2D eigenvalue weighted by molar-refractivity contribution is 5.94. The average molecular weight is 326 g/mol. The van der Waals surface area contributed by atoms with Crippen LogP contribution in [0.25, 0.3) is 0 Å². The van der Waals surface area contributed by atoms with Gasteiger partial charge >= 0.3 is 0 Å². The van der Waals surface area contributed by atoms with Crippen LogP contribution in [0.5, 0.6) is 0 Å². The number of aromatic amines is 1. The lowest BCUT2D eigenvalue weighted by Crippen LogP contribution is -2.31. The summed E-state index contributed by atoms with van der Waals surface area (Å²) in [6.07, 6.45) is 4.68. The van der Waals surface area contributed by atoms with Crippen molar-refractivity contribution < 1.29 is 9.18 Å². The Balaban J connectivity index is 1.96. The van der Waals surface area contributed by atoms with Gasteiger partial charge in [-0.05, 0) is 23.8 Å². The highest BCUT2D eigenvalue weighted by Gasteiger charge is 2.21. The van der Waals surface area contributed by atoms with Crippen molar-refractivity contribution >= 4 is 5.91 Å². The van der Waals surface area contributed by atoms with Gasteiger partial charge in [-0.25, -0.2) is 9.37 Å². The van der Waals surface area contributed by atoms with Crippen LogP contribution in [-0.4, -0.2) is 20.4 Å². The first-order chi connectivity index (χ1) is 11.5. The van der Waals surface area contributed by atoms with Crippen molar-refractivity contribution in [1.82, 2.24) is 19.9 Å². The molecule has 1 unspecified atom stereocenters. The second-order valence-corrected chi connectivity index (χ2v) is 5.30. The second-order valence-electron chi connectivity index (χ2n) is 5.30. The highest BCUT2D eigenvalue weighted by Crippen LogP contribution is 2.21. The minimum absolute atomic E-state index is 0.294. The smallest absolute Gasteiger partial charge is 0.253 e. The van der Waals surface area contributed by atoms with Crippen molar-refractivity contribution in [3.05, 3.63) is 88.1 Å². The van der Waals surface area contributed by atoms with Crippen LogP contribution in [0.2, 0.25) is 0 Å². The van der Waals surface area contributed by atoms with Crippen LogP contribution in [0.15, 0.2) is 59.8 Å². The normalized spacial score (nSPS) is 11.9. The SMILES string of the molecule is Cn1ccnc1C(NC(=O)c1ccc(=O)[nH]c1)c1cccc(F)c1. The molecule has 1 amide bonds. The van der Waals surface area contributed by atoms with E-state index in [0.717, 1.165) is 0 Å². The first kappa shape index (κ1) is 15.7. The molecule has 1 aromatic carbocycles. The van der Waals surface area contributed by atoms with E-state index in [2.05, 4.69) is 15.3 Å². The summed E-state index contributed by atoms with van der Waals surface area (Å²) in [7, 11) is 1.79. The van der Waals surface area contributed by atoms with Crippen LogP contribution >= 0.6 is 0 Å². The van der Waals surface area contributed by atoms with Gasteiger partial charge in [-0.3, -0.25) is 9.59 Å². The lowest BCUT2D eigenvalue weighted by atomic mass is 10.1. The molecule has 24 heavy (non-hydrogen) atoms. The van der Waals surface area contributed by atoms with Crippen molar-refractivity contribution in [3.8, 4) is 0 Å². The summed E-state index contributed by atoms with van der Waals surface area (Å²) in [5.74, 6) is -0.230. The first-order valence-electron chi connectivity index (χ1n) is 7.27. The van der Waals surface area contributed by atoms with Crippen molar-refractivity contribution in [1.29, 1.82) is 0 Å². The lowest BCUT2D eigenvalue weighted by Gasteiger charge is -2.19. The average Bonchev–Trinajstić information content (AvgIpc) is 2.99. The molecule has 0 spiro atoms. The summed E-state index contributed by atoms with van der Waals surface area (Å²) in [6.45, 7) is 0. The fraction of sp³-hybridized carbons (Fsp3) is 0.118. The Labute approximate surface area is 137 Å². The van der Waals surface area contributed by atoms with Gasteiger partial charge in [0, 0.05) is 31.7 Å². The van der Waals surface area contributed by atoms with E-state index in [0.29, 0.717) is 17.0 Å². The number of nitrogens with one attached hydrogen (secondary N) is 2. The number of carbonyl (C=O) groups is 1. The Morgan fingerprint density at radius 1 is 1.33 bits per heavy atom. The minimum Gasteiger partial charge on any atom is -0.338 e. The molecule has 0 bridgehead atoms. The molecule has 0 fully saturated rings. The predicted molar refractivity (Wildman–Crippen MR) is 86.0 cm³/mol. The van der Waals surface area contributed by atoms with E-state index in [1.807, 2.05) is 0 Å². The summed E-state index contributed by atoms with van der Waals surface area (Å²) < 4.78 is 15.3. The van der Waals surface area contributed by atoms with Gasteiger partial charge in [0.15, 0.2) is 0 Å². The number of benzene rings is 1. The number of aromatic nitrogens is 3. The topological polar surface area (TPSA) is 79.8 Å². The number of hydrogen-bond donors (Lipinski definition) is 2. The van der Waals surface area contributed by atoms with Crippen LogP contribution in [0.3, 0.4) is 0 Å². The molecule has 6 nitrogen and oxygen atoms in total. The first-order valence-corrected chi connectivity index (χ1v) is 7.27. The van der Waals surface area contributed by atoms with E-state index in [1.165, 1.54) is 30.5 Å². The predicted octanol–water partition coefficient (Wildman–Crippen LogP) is 1.77. The number of pyridine rings is 1. The summed E-state index contributed by atoms with van der Waals surface area (Å²) in [5, 5.41) is 2.83. The van der Waals surface area contributed by atoms with Gasteiger partial charge in [-0.1, -0.05) is 12.1 Å². The third-order valence-corrected chi connectivity index (χ3v) is 3.62. The van der Waals surface area contributed by atoms with E-state index in [-0.39, 0.29) is 5.56 Å². The summed E-state index contributed by atoms with van der Waals surface area (Å²) in [4.78, 5) is 30.3. The van der Waals surface area contributed by atoms with Crippen LogP contribution in [0.4, 0.5) is 4.39 Å². The maximum absolute atomic E-state index is 13.6. The second kappa shape index (κ2) is 6.49. The van der Waals surface area contributed by atoms with Crippen molar-refractivity contribution in [3.63, 3.8) is 0 Å². The van der Waals surface area contributed by atoms with E-state index >= 15 is 0 Å². The maximum Gasteiger partial charge on any atom is 0.253 e. The van der Waals surface area contributed by atoms with Crippen LogP contribution in [0, 0.1) is 5.82 Å². The minimum atomic E-state index is -0.625. The van der Waals surface area contributed by atoms with Gasteiger partial charge in [-0.15, -0.1) is 0 Å². The van der Waals surface area contributed by atoms with Crippen LogP contribution < -0.4 is 10.9 Å². The molecule has 0 aliphatic carbocycles. The number of amides is 1. The molecule has 0 saturated heterocycles. The molecule has 0 saturated carbocycles. The van der Waals surface area contributed by atoms with E-state index in [1.54, 1.807) is 36.1 Å². The number of halogens is 1. The molecule has 2 heterocycles. The molecule has 7 heteroatoms. The summed E-state index contributed by atoms with van der Waals surface area (Å²) in [5.41, 5.74) is 0.574. The Morgan fingerprint density at radius 2 is 2.17 bits per heavy atom. The molecule has 2 N–H and O–H groups in total. The van der Waals surface area contributed by atoms with Crippen LogP contribution in [-0.2, 0) is 7.05 Å². The molecular formula is C17H15FN4O2.